The standard InChI is InChI=1S/C12H17ClN2O/c13-11-9(5-6-16)3-4-10(12(11)14)15-7-8-1-2-8/h3-4,8,15-16H,1-2,5-7,14H2. The van der Waals surface area contributed by atoms with E-state index >= 15 is 0 Å². The van der Waals surface area contributed by atoms with E-state index in [2.05, 4.69) is 5.32 Å². The van der Waals surface area contributed by atoms with Crippen LogP contribution in [0.5, 0.6) is 0 Å². The fourth-order valence-corrected chi connectivity index (χ4v) is 1.94. The van der Waals surface area contributed by atoms with Gasteiger partial charge in [-0.1, -0.05) is 17.7 Å². The summed E-state index contributed by atoms with van der Waals surface area (Å²) in [5, 5.41) is 12.8. The van der Waals surface area contributed by atoms with Gasteiger partial charge in [0.1, 0.15) is 0 Å². The van der Waals surface area contributed by atoms with Gasteiger partial charge >= 0.3 is 0 Å². The lowest BCUT2D eigenvalue weighted by Crippen LogP contribution is -2.07. The van der Waals surface area contributed by atoms with Crippen LogP contribution in [0.1, 0.15) is 18.4 Å². The zero-order chi connectivity index (χ0) is 11.5. The van der Waals surface area contributed by atoms with Gasteiger partial charge in [0.25, 0.3) is 0 Å². The van der Waals surface area contributed by atoms with Crippen LogP contribution in [0.25, 0.3) is 0 Å². The van der Waals surface area contributed by atoms with Crippen molar-refractivity contribution >= 4 is 23.0 Å². The van der Waals surface area contributed by atoms with Gasteiger partial charge in [-0.15, -0.1) is 0 Å². The lowest BCUT2D eigenvalue weighted by Gasteiger charge is -2.12. The Balaban J connectivity index is 2.09. The summed E-state index contributed by atoms with van der Waals surface area (Å²) in [5.74, 6) is 0.801. The highest BCUT2D eigenvalue weighted by Gasteiger charge is 2.21. The van der Waals surface area contributed by atoms with E-state index in [1.54, 1.807) is 0 Å². The molecule has 0 heterocycles. The fourth-order valence-electron chi connectivity index (χ4n) is 1.68. The van der Waals surface area contributed by atoms with E-state index < -0.39 is 0 Å². The highest BCUT2D eigenvalue weighted by Crippen LogP contribution is 2.33. The molecule has 1 fully saturated rings. The van der Waals surface area contributed by atoms with Crippen molar-refractivity contribution in [2.75, 3.05) is 24.2 Å². The summed E-state index contributed by atoms with van der Waals surface area (Å²) in [6.07, 6.45) is 3.17. The SMILES string of the molecule is Nc1c(NCC2CC2)ccc(CCO)c1Cl. The van der Waals surface area contributed by atoms with Gasteiger partial charge in [-0.25, -0.2) is 0 Å². The second kappa shape index (κ2) is 4.93. The van der Waals surface area contributed by atoms with Gasteiger partial charge < -0.3 is 16.2 Å². The van der Waals surface area contributed by atoms with E-state index in [0.29, 0.717) is 17.1 Å². The van der Waals surface area contributed by atoms with Crippen molar-refractivity contribution < 1.29 is 5.11 Å². The first-order valence-electron chi connectivity index (χ1n) is 5.64. The second-order valence-corrected chi connectivity index (χ2v) is 4.68. The molecule has 0 bridgehead atoms. The van der Waals surface area contributed by atoms with E-state index in [1.807, 2.05) is 12.1 Å². The van der Waals surface area contributed by atoms with Gasteiger partial charge in [-0.3, -0.25) is 0 Å². The first-order valence-corrected chi connectivity index (χ1v) is 6.01. The summed E-state index contributed by atoms with van der Waals surface area (Å²) in [5.41, 5.74) is 8.34. The first kappa shape index (κ1) is 11.6. The number of hydrogen-bond donors (Lipinski definition) is 3. The normalized spacial score (nSPS) is 15.1. The van der Waals surface area contributed by atoms with Gasteiger partial charge in [-0.2, -0.15) is 0 Å². The van der Waals surface area contributed by atoms with Crippen LogP contribution < -0.4 is 11.1 Å². The van der Waals surface area contributed by atoms with Gasteiger partial charge in [0.05, 0.1) is 16.4 Å². The number of nitrogens with one attached hydrogen (secondary N) is 1. The molecule has 1 aliphatic rings. The number of rotatable bonds is 5. The Morgan fingerprint density at radius 3 is 2.81 bits per heavy atom. The fraction of sp³-hybridized carbons (Fsp3) is 0.500. The highest BCUT2D eigenvalue weighted by molar-refractivity contribution is 6.34. The molecule has 3 nitrogen and oxygen atoms in total. The third kappa shape index (κ3) is 2.60. The van der Waals surface area contributed by atoms with Crippen LogP contribution in [0.15, 0.2) is 12.1 Å². The largest absolute Gasteiger partial charge is 0.396 e. The molecule has 2 rings (SSSR count). The van der Waals surface area contributed by atoms with E-state index in [1.165, 1.54) is 12.8 Å². The Kier molecular flexibility index (Phi) is 3.56. The Labute approximate surface area is 101 Å². The van der Waals surface area contributed by atoms with E-state index in [0.717, 1.165) is 23.7 Å². The van der Waals surface area contributed by atoms with Gasteiger partial charge in [-0.05, 0) is 36.8 Å². The van der Waals surface area contributed by atoms with Gasteiger partial charge in [0.2, 0.25) is 0 Å². The Hall–Kier alpha value is -0.930. The van der Waals surface area contributed by atoms with Crippen molar-refractivity contribution in [1.82, 2.24) is 0 Å². The zero-order valence-electron chi connectivity index (χ0n) is 9.17. The predicted molar refractivity (Wildman–Crippen MR) is 67.9 cm³/mol. The molecule has 1 aromatic rings. The maximum Gasteiger partial charge on any atom is 0.0742 e. The molecule has 4 heteroatoms. The quantitative estimate of drug-likeness (QED) is 0.692. The van der Waals surface area contributed by atoms with Crippen molar-refractivity contribution in [3.63, 3.8) is 0 Å². The molecule has 1 aliphatic carbocycles. The van der Waals surface area contributed by atoms with Crippen molar-refractivity contribution in [3.8, 4) is 0 Å². The number of aliphatic hydroxyl groups excluding tert-OH is 1. The highest BCUT2D eigenvalue weighted by atomic mass is 35.5. The number of aliphatic hydroxyl groups is 1. The maximum atomic E-state index is 8.87. The molecular weight excluding hydrogens is 224 g/mol. The van der Waals surface area contributed by atoms with Crippen molar-refractivity contribution in [1.29, 1.82) is 0 Å². The van der Waals surface area contributed by atoms with Crippen LogP contribution in [-0.4, -0.2) is 18.3 Å². The molecular formula is C12H17ClN2O. The number of halogens is 1. The number of nitrogen functional groups attached to an aromatic ring is 1. The number of anilines is 2. The van der Waals surface area contributed by atoms with Crippen LogP contribution in [0.4, 0.5) is 11.4 Å². The molecule has 0 spiro atoms. The molecule has 0 radical (unpaired) electrons. The van der Waals surface area contributed by atoms with E-state index in [-0.39, 0.29) is 6.61 Å². The number of benzene rings is 1. The Bertz CT molecular complexity index is 378. The average Bonchev–Trinajstić information content (AvgIpc) is 3.08. The minimum atomic E-state index is 0.0913. The first-order chi connectivity index (χ1) is 7.72. The van der Waals surface area contributed by atoms with E-state index in [9.17, 15) is 0 Å². The van der Waals surface area contributed by atoms with Gasteiger partial charge in [0.15, 0.2) is 0 Å². The van der Waals surface area contributed by atoms with E-state index in [4.69, 9.17) is 22.4 Å². The van der Waals surface area contributed by atoms with Gasteiger partial charge in [0, 0.05) is 13.2 Å². The summed E-state index contributed by atoms with van der Waals surface area (Å²) in [6, 6.07) is 3.86. The van der Waals surface area contributed by atoms with Crippen LogP contribution in [0.2, 0.25) is 5.02 Å². The van der Waals surface area contributed by atoms with Crippen molar-refractivity contribution in [3.05, 3.63) is 22.7 Å². The van der Waals surface area contributed by atoms with Crippen LogP contribution in [0.3, 0.4) is 0 Å². The number of hydrogen-bond acceptors (Lipinski definition) is 3. The summed E-state index contributed by atoms with van der Waals surface area (Å²) < 4.78 is 0. The molecule has 16 heavy (non-hydrogen) atoms. The third-order valence-corrected chi connectivity index (χ3v) is 3.37. The lowest BCUT2D eigenvalue weighted by molar-refractivity contribution is 0.299. The van der Waals surface area contributed by atoms with Crippen LogP contribution in [-0.2, 0) is 6.42 Å². The van der Waals surface area contributed by atoms with Crippen LogP contribution >= 0.6 is 11.6 Å². The maximum absolute atomic E-state index is 8.87. The van der Waals surface area contributed by atoms with Crippen LogP contribution in [0, 0.1) is 5.92 Å². The molecule has 1 aromatic carbocycles. The summed E-state index contributed by atoms with van der Waals surface area (Å²) in [4.78, 5) is 0. The summed E-state index contributed by atoms with van der Waals surface area (Å²) in [6.45, 7) is 1.06. The molecule has 0 aromatic heterocycles. The molecule has 0 atom stereocenters. The predicted octanol–water partition coefficient (Wildman–Crippen LogP) is 2.28. The molecule has 0 aliphatic heterocycles. The van der Waals surface area contributed by atoms with Crippen molar-refractivity contribution in [2.45, 2.75) is 19.3 Å². The number of nitrogens with two attached hydrogens (primary N) is 1. The topological polar surface area (TPSA) is 58.3 Å². The van der Waals surface area contributed by atoms with Crippen molar-refractivity contribution in [2.24, 2.45) is 5.92 Å². The smallest absolute Gasteiger partial charge is 0.0742 e. The monoisotopic (exact) mass is 240 g/mol. The summed E-state index contributed by atoms with van der Waals surface area (Å²) >= 11 is 6.13. The Morgan fingerprint density at radius 2 is 2.19 bits per heavy atom. The zero-order valence-corrected chi connectivity index (χ0v) is 9.93. The molecule has 0 amide bonds. The molecule has 0 saturated heterocycles. The second-order valence-electron chi connectivity index (χ2n) is 4.30. The summed E-state index contributed by atoms with van der Waals surface area (Å²) in [7, 11) is 0. The molecule has 88 valence electrons. The molecule has 1 saturated carbocycles. The minimum Gasteiger partial charge on any atom is -0.396 e. The molecule has 0 unspecified atom stereocenters. The Morgan fingerprint density at radius 1 is 1.44 bits per heavy atom. The third-order valence-electron chi connectivity index (χ3n) is 2.92. The lowest BCUT2D eigenvalue weighted by atomic mass is 10.1. The average molecular weight is 241 g/mol. The molecule has 4 N–H and O–H groups in total. The minimum absolute atomic E-state index is 0.0913.